The van der Waals surface area contributed by atoms with Crippen LogP contribution in [-0.2, 0) is 6.18 Å². The van der Waals surface area contributed by atoms with E-state index in [9.17, 15) is 22.0 Å². The predicted octanol–water partition coefficient (Wildman–Crippen LogP) is 4.95. The van der Waals surface area contributed by atoms with E-state index < -0.39 is 32.8 Å². The van der Waals surface area contributed by atoms with E-state index >= 15 is 0 Å². The van der Waals surface area contributed by atoms with Crippen molar-refractivity contribution in [1.82, 2.24) is 14.9 Å². The molecular weight excluding hydrogens is 611 g/mol. The molecule has 2 saturated heterocycles. The van der Waals surface area contributed by atoms with Crippen LogP contribution in [0.4, 0.5) is 22.0 Å². The van der Waals surface area contributed by atoms with Crippen molar-refractivity contribution in [3.8, 4) is 6.01 Å². The largest absolute Gasteiger partial charge is 0.461 e. The topological polar surface area (TPSA) is 38.2 Å². The Morgan fingerprint density at radius 2 is 2.04 bits per heavy atom. The fourth-order valence-corrected chi connectivity index (χ4v) is 5.40. The van der Waals surface area contributed by atoms with Gasteiger partial charge in [0.15, 0.2) is 5.82 Å². The summed E-state index contributed by atoms with van der Waals surface area (Å²) >= 11 is 3.07. The number of benzene rings is 1. The Kier molecular flexibility index (Phi) is 5.39. The van der Waals surface area contributed by atoms with Crippen molar-refractivity contribution in [2.45, 2.75) is 37.1 Å². The molecule has 28 heavy (non-hydrogen) atoms. The van der Waals surface area contributed by atoms with Gasteiger partial charge in [-0.2, -0.15) is 23.1 Å². The van der Waals surface area contributed by atoms with E-state index in [4.69, 9.17) is 4.74 Å². The monoisotopic (exact) mass is 625 g/mol. The molecule has 0 aliphatic carbocycles. The summed E-state index contributed by atoms with van der Waals surface area (Å²) in [6, 6.07) is 0.739. The number of aromatic nitrogens is 2. The maximum atomic E-state index is 14.6. The van der Waals surface area contributed by atoms with Crippen LogP contribution in [0.15, 0.2) is 6.07 Å². The Bertz CT molecular complexity index is 941. The third kappa shape index (κ3) is 3.55. The molecule has 0 bridgehead atoms. The Hall–Kier alpha value is -0.570. The first-order valence-corrected chi connectivity index (χ1v) is 10.7. The Labute approximate surface area is 184 Å². The second kappa shape index (κ2) is 7.29. The molecule has 2 fully saturated rings. The van der Waals surface area contributed by atoms with Crippen molar-refractivity contribution in [3.63, 3.8) is 0 Å². The molecule has 2 aromatic rings. The molecule has 0 saturated carbocycles. The lowest BCUT2D eigenvalue weighted by Crippen LogP contribution is -2.43. The zero-order valence-corrected chi connectivity index (χ0v) is 18.6. The Balaban J connectivity index is 1.67. The number of nitrogens with zero attached hydrogens (tertiary/aromatic N) is 3. The fraction of sp³-hybridized carbons (Fsp3) is 0.529. The molecule has 0 radical (unpaired) electrons. The summed E-state index contributed by atoms with van der Waals surface area (Å²) in [6.07, 6.45) is -3.50. The van der Waals surface area contributed by atoms with Crippen LogP contribution in [0.2, 0.25) is 0 Å². The first-order valence-electron chi connectivity index (χ1n) is 8.55. The van der Waals surface area contributed by atoms with Crippen molar-refractivity contribution in [3.05, 3.63) is 24.7 Å². The predicted molar refractivity (Wildman–Crippen MR) is 108 cm³/mol. The third-order valence-electron chi connectivity index (χ3n) is 5.34. The summed E-state index contributed by atoms with van der Waals surface area (Å²) in [5, 5.41) is -0.0245. The first-order chi connectivity index (χ1) is 13.1. The van der Waals surface area contributed by atoms with Gasteiger partial charge >= 0.3 is 12.2 Å². The summed E-state index contributed by atoms with van der Waals surface area (Å²) < 4.78 is 73.2. The van der Waals surface area contributed by atoms with E-state index in [0.29, 0.717) is 13.0 Å². The molecule has 0 amide bonds. The minimum atomic E-state index is -4.68. The van der Waals surface area contributed by atoms with Crippen molar-refractivity contribution in [2.24, 2.45) is 0 Å². The molecule has 3 heterocycles. The second-order valence-electron chi connectivity index (χ2n) is 7.11. The molecule has 0 spiro atoms. The standard InChI is InChI=1S/C17H14F5I2N3O/c18-8-5-16(2-1-3-27(16)6-8)7-28-15-25-13-9(14(24)26-15)4-10(17(20,21)22)12(23)11(13)19/h4,8H,1-3,5-7H2/t8-,16+/m1/s1. The highest BCUT2D eigenvalue weighted by atomic mass is 127. The first kappa shape index (κ1) is 20.7. The van der Waals surface area contributed by atoms with Crippen LogP contribution in [-0.4, -0.2) is 46.3 Å². The number of rotatable bonds is 3. The van der Waals surface area contributed by atoms with Crippen molar-refractivity contribution < 1.29 is 26.7 Å². The fourth-order valence-electron chi connectivity index (χ4n) is 4.07. The SMILES string of the molecule is Fc1c(I)c(C(F)(F)F)cc2c(I)nc(OC[C@@]34CCCN3C[C@H](F)C4)nc12. The van der Waals surface area contributed by atoms with Gasteiger partial charge in [-0.1, -0.05) is 0 Å². The van der Waals surface area contributed by atoms with Crippen LogP contribution in [0.3, 0.4) is 0 Å². The zero-order chi connectivity index (χ0) is 20.3. The minimum absolute atomic E-state index is 0.0245. The highest BCUT2D eigenvalue weighted by Crippen LogP contribution is 2.41. The third-order valence-corrected chi connectivity index (χ3v) is 7.22. The van der Waals surface area contributed by atoms with Crippen LogP contribution in [0, 0.1) is 13.1 Å². The highest BCUT2D eigenvalue weighted by molar-refractivity contribution is 14.1. The lowest BCUT2D eigenvalue weighted by Gasteiger charge is -2.30. The van der Waals surface area contributed by atoms with Crippen LogP contribution in [0.25, 0.3) is 10.9 Å². The number of ether oxygens (including phenoxy) is 1. The van der Waals surface area contributed by atoms with E-state index in [1.54, 1.807) is 22.6 Å². The minimum Gasteiger partial charge on any atom is -0.461 e. The van der Waals surface area contributed by atoms with Gasteiger partial charge in [-0.15, -0.1) is 0 Å². The van der Waals surface area contributed by atoms with E-state index in [2.05, 4.69) is 14.9 Å². The van der Waals surface area contributed by atoms with Gasteiger partial charge in [-0.25, -0.2) is 8.78 Å². The lowest BCUT2D eigenvalue weighted by molar-refractivity contribution is -0.138. The van der Waals surface area contributed by atoms with Gasteiger partial charge in [0.05, 0.1) is 14.7 Å². The molecule has 2 aliphatic heterocycles. The van der Waals surface area contributed by atoms with E-state index in [-0.39, 0.29) is 27.2 Å². The quantitative estimate of drug-likeness (QED) is 0.275. The van der Waals surface area contributed by atoms with Gasteiger partial charge in [-0.3, -0.25) is 4.90 Å². The number of halogens is 7. The molecule has 0 N–H and O–H groups in total. The molecule has 4 nitrogen and oxygen atoms in total. The van der Waals surface area contributed by atoms with Gasteiger partial charge in [0, 0.05) is 18.4 Å². The van der Waals surface area contributed by atoms with E-state index in [1.165, 1.54) is 22.6 Å². The van der Waals surface area contributed by atoms with Gasteiger partial charge in [0.25, 0.3) is 0 Å². The summed E-state index contributed by atoms with van der Waals surface area (Å²) in [7, 11) is 0. The van der Waals surface area contributed by atoms with Gasteiger partial charge in [0.2, 0.25) is 0 Å². The van der Waals surface area contributed by atoms with Crippen molar-refractivity contribution in [1.29, 1.82) is 0 Å². The zero-order valence-electron chi connectivity index (χ0n) is 14.3. The summed E-state index contributed by atoms with van der Waals surface area (Å²) in [5.74, 6) is -1.05. The number of hydrogen-bond acceptors (Lipinski definition) is 4. The van der Waals surface area contributed by atoms with Crippen molar-refractivity contribution >= 4 is 56.1 Å². The Morgan fingerprint density at radius 3 is 2.75 bits per heavy atom. The van der Waals surface area contributed by atoms with Crippen LogP contribution < -0.4 is 4.74 Å². The number of fused-ring (bicyclic) bond motifs is 2. The maximum Gasteiger partial charge on any atom is 0.417 e. The smallest absolute Gasteiger partial charge is 0.417 e. The highest BCUT2D eigenvalue weighted by Gasteiger charge is 2.49. The van der Waals surface area contributed by atoms with Gasteiger partial charge in [0.1, 0.15) is 22.0 Å². The van der Waals surface area contributed by atoms with Crippen LogP contribution in [0.1, 0.15) is 24.8 Å². The molecule has 2 aliphatic rings. The van der Waals surface area contributed by atoms with Crippen LogP contribution >= 0.6 is 45.2 Å². The average molecular weight is 625 g/mol. The molecule has 152 valence electrons. The van der Waals surface area contributed by atoms with Crippen molar-refractivity contribution in [2.75, 3.05) is 19.7 Å². The van der Waals surface area contributed by atoms with E-state index in [0.717, 1.165) is 25.5 Å². The maximum absolute atomic E-state index is 14.6. The van der Waals surface area contributed by atoms with Gasteiger partial charge < -0.3 is 4.74 Å². The summed E-state index contributed by atoms with van der Waals surface area (Å²) in [5.41, 5.74) is -1.70. The Morgan fingerprint density at radius 1 is 1.29 bits per heavy atom. The number of alkyl halides is 4. The van der Waals surface area contributed by atoms with Crippen LogP contribution in [0.5, 0.6) is 6.01 Å². The molecule has 4 rings (SSSR count). The summed E-state index contributed by atoms with van der Waals surface area (Å²) in [4.78, 5) is 10.2. The molecule has 1 aromatic carbocycles. The molecule has 2 atom stereocenters. The molecule has 1 aromatic heterocycles. The molecule has 0 unspecified atom stereocenters. The van der Waals surface area contributed by atoms with Gasteiger partial charge in [-0.05, 0) is 70.6 Å². The number of hydrogen-bond donors (Lipinski definition) is 0. The molecule has 11 heteroatoms. The average Bonchev–Trinajstić information content (AvgIpc) is 3.11. The van der Waals surface area contributed by atoms with E-state index in [1.807, 2.05) is 0 Å². The second-order valence-corrected chi connectivity index (χ2v) is 9.21. The lowest BCUT2D eigenvalue weighted by atomic mass is 9.95. The molecular formula is C17H14F5I2N3O. The summed E-state index contributed by atoms with van der Waals surface area (Å²) in [6.45, 7) is 1.33. The normalized spacial score (nSPS) is 25.5.